The number of amides is 1. The van der Waals surface area contributed by atoms with Gasteiger partial charge in [-0.05, 0) is 55.2 Å². The van der Waals surface area contributed by atoms with Crippen molar-refractivity contribution in [3.05, 3.63) is 23.3 Å². The molecule has 0 aliphatic heterocycles. The van der Waals surface area contributed by atoms with Crippen LogP contribution in [0.1, 0.15) is 31.9 Å². The summed E-state index contributed by atoms with van der Waals surface area (Å²) in [6.45, 7) is 15.1. The summed E-state index contributed by atoms with van der Waals surface area (Å²) in [5, 5.41) is 2.91. The maximum atomic E-state index is 10.6. The van der Waals surface area contributed by atoms with Crippen molar-refractivity contribution in [3.63, 3.8) is 0 Å². The van der Waals surface area contributed by atoms with Crippen LogP contribution in [0.5, 0.6) is 5.75 Å². The second-order valence-corrected chi connectivity index (χ2v) is 11.3. The molecule has 0 spiro atoms. The van der Waals surface area contributed by atoms with Gasteiger partial charge in [0.2, 0.25) is 14.7 Å². The lowest BCUT2D eigenvalue weighted by Gasteiger charge is -2.36. The molecule has 1 rings (SSSR count). The van der Waals surface area contributed by atoms with Gasteiger partial charge in [0.25, 0.3) is 0 Å². The van der Waals surface area contributed by atoms with Gasteiger partial charge in [-0.25, -0.2) is 0 Å². The molecule has 1 aromatic carbocycles. The molecule has 1 amide bonds. The van der Waals surface area contributed by atoms with E-state index in [2.05, 4.69) is 39.2 Å². The number of rotatable bonds is 4. The lowest BCUT2D eigenvalue weighted by Crippen LogP contribution is -2.43. The minimum atomic E-state index is -1.82. The Kier molecular flexibility index (Phi) is 4.45. The molecular formula is C15H25NO2Si. The van der Waals surface area contributed by atoms with Crippen molar-refractivity contribution in [2.24, 2.45) is 0 Å². The largest absolute Gasteiger partial charge is 0.543 e. The van der Waals surface area contributed by atoms with Crippen LogP contribution in [-0.4, -0.2) is 14.7 Å². The molecule has 19 heavy (non-hydrogen) atoms. The molecule has 0 aromatic heterocycles. The van der Waals surface area contributed by atoms with E-state index in [1.165, 1.54) is 0 Å². The number of hydrogen-bond acceptors (Lipinski definition) is 2. The van der Waals surface area contributed by atoms with E-state index in [-0.39, 0.29) is 5.04 Å². The van der Waals surface area contributed by atoms with E-state index < -0.39 is 8.32 Å². The zero-order valence-corrected chi connectivity index (χ0v) is 14.0. The van der Waals surface area contributed by atoms with E-state index in [0.29, 0.717) is 6.41 Å². The van der Waals surface area contributed by atoms with Crippen molar-refractivity contribution >= 4 is 20.4 Å². The van der Waals surface area contributed by atoms with Crippen LogP contribution < -0.4 is 9.74 Å². The Balaban J connectivity index is 3.08. The fraction of sp³-hybridized carbons (Fsp3) is 0.533. The van der Waals surface area contributed by atoms with Gasteiger partial charge in [-0.3, -0.25) is 4.79 Å². The molecule has 0 saturated carbocycles. The first-order chi connectivity index (χ1) is 8.58. The highest BCUT2D eigenvalue weighted by molar-refractivity contribution is 6.74. The van der Waals surface area contributed by atoms with Crippen LogP contribution in [-0.2, 0) is 4.79 Å². The summed E-state index contributed by atoms with van der Waals surface area (Å²) in [7, 11) is -1.82. The van der Waals surface area contributed by atoms with Crippen molar-refractivity contribution in [3.8, 4) is 5.75 Å². The van der Waals surface area contributed by atoms with Crippen LogP contribution in [0.2, 0.25) is 18.1 Å². The van der Waals surface area contributed by atoms with Gasteiger partial charge in [0.05, 0.1) is 0 Å². The standard InChI is InChI=1S/C15H25NO2Si/c1-11-8-13(9-12(2)14(11)16-10-17)18-19(6,7)15(3,4)5/h8-10H,1-7H3,(H,16,17)/i10+1. The molecule has 0 radical (unpaired) electrons. The van der Waals surface area contributed by atoms with Gasteiger partial charge in [0, 0.05) is 5.69 Å². The fourth-order valence-corrected chi connectivity index (χ4v) is 2.73. The van der Waals surface area contributed by atoms with Gasteiger partial charge in [0.15, 0.2) is 0 Å². The van der Waals surface area contributed by atoms with E-state index in [1.807, 2.05) is 26.0 Å². The van der Waals surface area contributed by atoms with Crippen LogP contribution in [0.25, 0.3) is 0 Å². The Labute approximate surface area is 117 Å². The summed E-state index contributed by atoms with van der Waals surface area (Å²) in [6.07, 6.45) is 0.712. The van der Waals surface area contributed by atoms with E-state index in [9.17, 15) is 4.79 Å². The second kappa shape index (κ2) is 5.37. The Bertz CT molecular complexity index is 453. The lowest BCUT2D eigenvalue weighted by atomic mass is 10.1. The molecule has 0 atom stereocenters. The smallest absolute Gasteiger partial charge is 0.250 e. The summed E-state index contributed by atoms with van der Waals surface area (Å²) in [5.74, 6) is 0.901. The minimum Gasteiger partial charge on any atom is -0.543 e. The quantitative estimate of drug-likeness (QED) is 0.508. The Morgan fingerprint density at radius 2 is 1.63 bits per heavy atom. The van der Waals surface area contributed by atoms with Crippen LogP contribution in [0.4, 0.5) is 5.69 Å². The van der Waals surface area contributed by atoms with Crippen LogP contribution >= 0.6 is 0 Å². The molecule has 0 aliphatic carbocycles. The van der Waals surface area contributed by atoms with Gasteiger partial charge in [-0.1, -0.05) is 20.8 Å². The molecule has 0 saturated heterocycles. The molecule has 1 aromatic rings. The predicted octanol–water partition coefficient (Wildman–Crippen LogP) is 4.26. The third-order valence-electron chi connectivity index (χ3n) is 3.89. The summed E-state index contributed by atoms with van der Waals surface area (Å²) >= 11 is 0. The van der Waals surface area contributed by atoms with E-state index in [4.69, 9.17) is 4.43 Å². The first-order valence-electron chi connectivity index (χ1n) is 6.59. The lowest BCUT2D eigenvalue weighted by molar-refractivity contribution is -0.105. The van der Waals surface area contributed by atoms with Gasteiger partial charge >= 0.3 is 0 Å². The molecule has 4 heteroatoms. The summed E-state index contributed by atoms with van der Waals surface area (Å²) in [5.41, 5.74) is 2.93. The molecule has 3 nitrogen and oxygen atoms in total. The fourth-order valence-electron chi connectivity index (χ4n) is 1.72. The molecule has 0 bridgehead atoms. The number of hydrogen-bond donors (Lipinski definition) is 1. The molecule has 0 unspecified atom stereocenters. The average Bonchev–Trinajstić information content (AvgIpc) is 2.21. The number of anilines is 1. The zero-order valence-electron chi connectivity index (χ0n) is 13.0. The average molecular weight is 280 g/mol. The van der Waals surface area contributed by atoms with Gasteiger partial charge < -0.3 is 9.74 Å². The number of nitrogens with one attached hydrogen (secondary N) is 1. The summed E-state index contributed by atoms with van der Waals surface area (Å²) < 4.78 is 6.28. The first-order valence-corrected chi connectivity index (χ1v) is 9.50. The highest BCUT2D eigenvalue weighted by atomic mass is 28.4. The first kappa shape index (κ1) is 15.8. The molecular weight excluding hydrogens is 255 g/mol. The third-order valence-corrected chi connectivity index (χ3v) is 8.25. The summed E-state index contributed by atoms with van der Waals surface area (Å²) in [4.78, 5) is 10.6. The second-order valence-electron chi connectivity index (χ2n) is 6.56. The Morgan fingerprint density at radius 1 is 1.16 bits per heavy atom. The molecule has 0 aliphatic rings. The van der Waals surface area contributed by atoms with E-state index in [1.54, 1.807) is 0 Å². The van der Waals surface area contributed by atoms with Crippen molar-refractivity contribution in [2.45, 2.75) is 52.8 Å². The van der Waals surface area contributed by atoms with Crippen LogP contribution in [0.3, 0.4) is 0 Å². The van der Waals surface area contributed by atoms with Crippen molar-refractivity contribution in [2.75, 3.05) is 5.32 Å². The third kappa shape index (κ3) is 3.59. The normalized spacial score (nSPS) is 12.2. The maximum Gasteiger partial charge on any atom is 0.250 e. The molecule has 1 N–H and O–H groups in total. The van der Waals surface area contributed by atoms with E-state index >= 15 is 0 Å². The SMILES string of the molecule is Cc1cc(O[Si](C)(C)C(C)(C)C)cc(C)c1N[13CH]=O. The predicted molar refractivity (Wildman–Crippen MR) is 83.4 cm³/mol. The van der Waals surface area contributed by atoms with Crippen LogP contribution in [0.15, 0.2) is 12.1 Å². The van der Waals surface area contributed by atoms with Crippen molar-refractivity contribution in [1.82, 2.24) is 0 Å². The van der Waals surface area contributed by atoms with Gasteiger partial charge in [-0.2, -0.15) is 0 Å². The Morgan fingerprint density at radius 3 is 2.00 bits per heavy atom. The van der Waals surface area contributed by atoms with Crippen molar-refractivity contribution in [1.29, 1.82) is 0 Å². The Hall–Kier alpha value is -1.29. The van der Waals surface area contributed by atoms with E-state index in [0.717, 1.165) is 22.6 Å². The monoisotopic (exact) mass is 280 g/mol. The number of carbonyl (C=O) groups excluding carboxylic acids is 1. The maximum absolute atomic E-state index is 10.6. The zero-order chi connectivity index (χ0) is 14.8. The topological polar surface area (TPSA) is 38.3 Å². The number of benzene rings is 1. The van der Waals surface area contributed by atoms with Crippen molar-refractivity contribution < 1.29 is 9.22 Å². The minimum absolute atomic E-state index is 0.175. The summed E-state index contributed by atoms with van der Waals surface area (Å²) in [6, 6.07) is 4.00. The molecule has 0 heterocycles. The van der Waals surface area contributed by atoms with Gasteiger partial charge in [0.1, 0.15) is 5.75 Å². The van der Waals surface area contributed by atoms with Gasteiger partial charge in [-0.15, -0.1) is 0 Å². The molecule has 106 valence electrons. The number of carbonyl (C=O) groups is 1. The van der Waals surface area contributed by atoms with Crippen LogP contribution in [0, 0.1) is 13.8 Å². The number of aryl methyl sites for hydroxylation is 2. The molecule has 0 fully saturated rings. The highest BCUT2D eigenvalue weighted by Crippen LogP contribution is 2.38. The highest BCUT2D eigenvalue weighted by Gasteiger charge is 2.39.